The molecule has 0 spiro atoms. The van der Waals surface area contributed by atoms with E-state index in [2.05, 4.69) is 5.32 Å². The first-order valence-corrected chi connectivity index (χ1v) is 6.74. The standard InChI is InChI=1S/C13H22N2O3/c1-3-10(14-12(17)13(2)4-5-13)11(16)15-6-8-18-9-7-15/h10H,3-9H2,1-2H3,(H,14,17). The Labute approximate surface area is 108 Å². The summed E-state index contributed by atoms with van der Waals surface area (Å²) >= 11 is 0. The number of hydrogen-bond donors (Lipinski definition) is 1. The molecule has 2 aliphatic rings. The van der Waals surface area contributed by atoms with Crippen molar-refractivity contribution in [2.24, 2.45) is 5.41 Å². The van der Waals surface area contributed by atoms with Gasteiger partial charge in [0.15, 0.2) is 0 Å². The summed E-state index contributed by atoms with van der Waals surface area (Å²) in [5.41, 5.74) is -0.224. The lowest BCUT2D eigenvalue weighted by atomic mass is 10.1. The third kappa shape index (κ3) is 2.83. The second-order valence-electron chi connectivity index (χ2n) is 5.43. The van der Waals surface area contributed by atoms with Gasteiger partial charge in [-0.2, -0.15) is 0 Å². The first-order valence-electron chi connectivity index (χ1n) is 6.74. The zero-order chi connectivity index (χ0) is 13.2. The third-order valence-corrected chi connectivity index (χ3v) is 3.88. The molecular formula is C13H22N2O3. The van der Waals surface area contributed by atoms with E-state index < -0.39 is 0 Å². The Balaban J connectivity index is 1.90. The van der Waals surface area contributed by atoms with E-state index in [1.54, 1.807) is 4.90 Å². The molecule has 102 valence electrons. The SMILES string of the molecule is CCC(NC(=O)C1(C)CC1)C(=O)N1CCOCC1. The van der Waals surface area contributed by atoms with Gasteiger partial charge in [0, 0.05) is 18.5 Å². The van der Waals surface area contributed by atoms with Crippen molar-refractivity contribution in [1.29, 1.82) is 0 Å². The molecule has 2 fully saturated rings. The lowest BCUT2D eigenvalue weighted by Crippen LogP contribution is -2.52. The highest BCUT2D eigenvalue weighted by atomic mass is 16.5. The fourth-order valence-corrected chi connectivity index (χ4v) is 2.09. The number of amides is 2. The minimum atomic E-state index is -0.381. The Kier molecular flexibility index (Phi) is 3.90. The van der Waals surface area contributed by atoms with Crippen LogP contribution in [-0.4, -0.2) is 49.1 Å². The molecule has 0 aromatic carbocycles. The molecule has 1 saturated carbocycles. The number of rotatable bonds is 4. The molecule has 1 saturated heterocycles. The van der Waals surface area contributed by atoms with E-state index in [1.807, 2.05) is 13.8 Å². The average Bonchev–Trinajstić information content (AvgIpc) is 3.15. The van der Waals surface area contributed by atoms with Gasteiger partial charge in [-0.05, 0) is 19.3 Å². The molecule has 0 aromatic heterocycles. The molecule has 1 aliphatic heterocycles. The van der Waals surface area contributed by atoms with Gasteiger partial charge in [-0.3, -0.25) is 9.59 Å². The predicted molar refractivity (Wildman–Crippen MR) is 67.0 cm³/mol. The highest BCUT2D eigenvalue weighted by Crippen LogP contribution is 2.45. The van der Waals surface area contributed by atoms with E-state index in [4.69, 9.17) is 4.74 Å². The maximum atomic E-state index is 12.3. The van der Waals surface area contributed by atoms with Gasteiger partial charge >= 0.3 is 0 Å². The van der Waals surface area contributed by atoms with Crippen LogP contribution in [0, 0.1) is 5.41 Å². The van der Waals surface area contributed by atoms with Crippen molar-refractivity contribution < 1.29 is 14.3 Å². The fourth-order valence-electron chi connectivity index (χ4n) is 2.09. The van der Waals surface area contributed by atoms with Gasteiger partial charge in [-0.15, -0.1) is 0 Å². The van der Waals surface area contributed by atoms with Crippen LogP contribution >= 0.6 is 0 Å². The summed E-state index contributed by atoms with van der Waals surface area (Å²) in [6.45, 7) is 6.32. The number of hydrogen-bond acceptors (Lipinski definition) is 3. The van der Waals surface area contributed by atoms with Gasteiger partial charge in [-0.1, -0.05) is 13.8 Å². The van der Waals surface area contributed by atoms with Crippen molar-refractivity contribution in [2.75, 3.05) is 26.3 Å². The van der Waals surface area contributed by atoms with Crippen molar-refractivity contribution >= 4 is 11.8 Å². The first kappa shape index (κ1) is 13.3. The molecule has 1 atom stereocenters. The second kappa shape index (κ2) is 5.26. The summed E-state index contributed by atoms with van der Waals surface area (Å²) in [5.74, 6) is 0.0503. The number of ether oxygens (including phenoxy) is 1. The van der Waals surface area contributed by atoms with Gasteiger partial charge in [0.25, 0.3) is 0 Å². The number of carbonyl (C=O) groups is 2. The minimum absolute atomic E-state index is 0.0240. The van der Waals surface area contributed by atoms with Crippen molar-refractivity contribution in [2.45, 2.75) is 39.2 Å². The van der Waals surface area contributed by atoms with E-state index >= 15 is 0 Å². The summed E-state index contributed by atoms with van der Waals surface area (Å²) in [5, 5.41) is 2.90. The maximum absolute atomic E-state index is 12.3. The van der Waals surface area contributed by atoms with Gasteiger partial charge < -0.3 is 15.0 Å². The molecule has 1 aliphatic carbocycles. The zero-order valence-corrected chi connectivity index (χ0v) is 11.2. The fraction of sp³-hybridized carbons (Fsp3) is 0.846. The highest BCUT2D eigenvalue weighted by molar-refractivity contribution is 5.91. The van der Waals surface area contributed by atoms with Gasteiger partial charge in [-0.25, -0.2) is 0 Å². The zero-order valence-electron chi connectivity index (χ0n) is 11.2. The largest absolute Gasteiger partial charge is 0.378 e. The second-order valence-corrected chi connectivity index (χ2v) is 5.43. The van der Waals surface area contributed by atoms with Crippen LogP contribution < -0.4 is 5.32 Å². The molecule has 18 heavy (non-hydrogen) atoms. The molecule has 0 bridgehead atoms. The van der Waals surface area contributed by atoms with E-state index in [0.717, 1.165) is 12.8 Å². The van der Waals surface area contributed by atoms with E-state index in [1.165, 1.54) is 0 Å². The maximum Gasteiger partial charge on any atom is 0.245 e. The van der Waals surface area contributed by atoms with Crippen LogP contribution in [-0.2, 0) is 14.3 Å². The van der Waals surface area contributed by atoms with E-state index in [-0.39, 0.29) is 23.3 Å². The lowest BCUT2D eigenvalue weighted by Gasteiger charge is -2.30. The van der Waals surface area contributed by atoms with Crippen LogP contribution in [0.4, 0.5) is 0 Å². The molecule has 0 aromatic rings. The number of morpholine rings is 1. The lowest BCUT2D eigenvalue weighted by molar-refractivity contribution is -0.140. The Bertz CT molecular complexity index is 333. The van der Waals surface area contributed by atoms with Crippen LogP contribution in [0.2, 0.25) is 0 Å². The van der Waals surface area contributed by atoms with Crippen LogP contribution in [0.15, 0.2) is 0 Å². The molecule has 5 heteroatoms. The minimum Gasteiger partial charge on any atom is -0.378 e. The summed E-state index contributed by atoms with van der Waals surface area (Å²) in [7, 11) is 0. The van der Waals surface area contributed by atoms with Crippen LogP contribution in [0.5, 0.6) is 0 Å². The summed E-state index contributed by atoms with van der Waals surface area (Å²) < 4.78 is 5.23. The van der Waals surface area contributed by atoms with Gasteiger partial charge in [0.1, 0.15) is 6.04 Å². The Morgan fingerprint density at radius 1 is 1.33 bits per heavy atom. The molecule has 2 amide bonds. The normalized spacial score (nSPS) is 23.3. The topological polar surface area (TPSA) is 58.6 Å². The average molecular weight is 254 g/mol. The van der Waals surface area contributed by atoms with Crippen molar-refractivity contribution in [1.82, 2.24) is 10.2 Å². The summed E-state index contributed by atoms with van der Waals surface area (Å²) in [4.78, 5) is 26.0. The molecular weight excluding hydrogens is 232 g/mol. The van der Waals surface area contributed by atoms with Crippen LogP contribution in [0.3, 0.4) is 0 Å². The monoisotopic (exact) mass is 254 g/mol. The predicted octanol–water partition coefficient (Wildman–Crippen LogP) is 0.540. The van der Waals surface area contributed by atoms with Crippen molar-refractivity contribution in [3.8, 4) is 0 Å². The van der Waals surface area contributed by atoms with E-state index in [0.29, 0.717) is 32.7 Å². The molecule has 1 unspecified atom stereocenters. The number of nitrogens with one attached hydrogen (secondary N) is 1. The van der Waals surface area contributed by atoms with Crippen molar-refractivity contribution in [3.05, 3.63) is 0 Å². The number of nitrogens with zero attached hydrogens (tertiary/aromatic N) is 1. The number of carbonyl (C=O) groups excluding carboxylic acids is 2. The molecule has 5 nitrogen and oxygen atoms in total. The Morgan fingerprint density at radius 2 is 1.94 bits per heavy atom. The highest BCUT2D eigenvalue weighted by Gasteiger charge is 2.45. The van der Waals surface area contributed by atoms with Crippen LogP contribution in [0.1, 0.15) is 33.1 Å². The molecule has 0 radical (unpaired) electrons. The quantitative estimate of drug-likeness (QED) is 0.796. The van der Waals surface area contributed by atoms with Crippen LogP contribution in [0.25, 0.3) is 0 Å². The Morgan fingerprint density at radius 3 is 2.44 bits per heavy atom. The Hall–Kier alpha value is -1.10. The summed E-state index contributed by atoms with van der Waals surface area (Å²) in [6, 6.07) is -0.381. The smallest absolute Gasteiger partial charge is 0.245 e. The summed E-state index contributed by atoms with van der Waals surface area (Å²) in [6.07, 6.45) is 2.50. The third-order valence-electron chi connectivity index (χ3n) is 3.88. The first-order chi connectivity index (χ1) is 8.57. The molecule has 2 rings (SSSR count). The van der Waals surface area contributed by atoms with Gasteiger partial charge in [0.2, 0.25) is 11.8 Å². The molecule has 1 N–H and O–H groups in total. The van der Waals surface area contributed by atoms with E-state index in [9.17, 15) is 9.59 Å². The van der Waals surface area contributed by atoms with Gasteiger partial charge in [0.05, 0.1) is 13.2 Å². The van der Waals surface area contributed by atoms with Crippen molar-refractivity contribution in [3.63, 3.8) is 0 Å². The molecule has 1 heterocycles.